The number of aryl methyl sites for hydroxylation is 1. The maximum atomic E-state index is 3.52. The van der Waals surface area contributed by atoms with Gasteiger partial charge in [0.15, 0.2) is 0 Å². The van der Waals surface area contributed by atoms with E-state index >= 15 is 0 Å². The molecule has 1 saturated carbocycles. The van der Waals surface area contributed by atoms with Crippen LogP contribution in [0.5, 0.6) is 0 Å². The van der Waals surface area contributed by atoms with Crippen LogP contribution in [0, 0.1) is 5.92 Å². The van der Waals surface area contributed by atoms with E-state index in [9.17, 15) is 0 Å². The van der Waals surface area contributed by atoms with Gasteiger partial charge in [-0.3, -0.25) is 0 Å². The normalized spacial score (nSPS) is 17.8. The summed E-state index contributed by atoms with van der Waals surface area (Å²) < 4.78 is 0. The molecule has 0 amide bonds. The summed E-state index contributed by atoms with van der Waals surface area (Å²) in [6.07, 6.45) is 13.8. The summed E-state index contributed by atoms with van der Waals surface area (Å²) in [5.74, 6) is 0.985. The molecule has 1 aromatic rings. The number of unbranched alkanes of at least 4 members (excludes halogenated alkanes) is 1. The molecule has 0 aromatic heterocycles. The Morgan fingerprint density at radius 1 is 1.10 bits per heavy atom. The summed E-state index contributed by atoms with van der Waals surface area (Å²) in [6.45, 7) is 2.26. The third-order valence-corrected chi connectivity index (χ3v) is 5.14. The second-order valence-corrected chi connectivity index (χ2v) is 6.77. The molecule has 1 fully saturated rings. The van der Waals surface area contributed by atoms with Crippen molar-refractivity contribution in [2.45, 2.75) is 77.2 Å². The van der Waals surface area contributed by atoms with E-state index in [0.717, 1.165) is 5.92 Å². The van der Waals surface area contributed by atoms with Crippen molar-refractivity contribution in [3.8, 4) is 0 Å². The molecule has 0 radical (unpaired) electrons. The van der Waals surface area contributed by atoms with Crippen molar-refractivity contribution in [1.29, 1.82) is 0 Å². The summed E-state index contributed by atoms with van der Waals surface area (Å²) in [5, 5.41) is 3.52. The van der Waals surface area contributed by atoms with E-state index in [1.54, 1.807) is 0 Å². The Balaban J connectivity index is 1.84. The third-order valence-electron chi connectivity index (χ3n) is 5.14. The number of benzene rings is 1. The van der Waals surface area contributed by atoms with E-state index in [-0.39, 0.29) is 0 Å². The summed E-state index contributed by atoms with van der Waals surface area (Å²) in [5.41, 5.74) is 2.95. The molecular formula is C20H33N. The van der Waals surface area contributed by atoms with Gasteiger partial charge < -0.3 is 5.32 Å². The molecule has 0 bridgehead atoms. The van der Waals surface area contributed by atoms with Gasteiger partial charge in [0.05, 0.1) is 0 Å². The lowest BCUT2D eigenvalue weighted by molar-refractivity contribution is 0.317. The van der Waals surface area contributed by atoms with Crippen molar-refractivity contribution >= 4 is 0 Å². The highest BCUT2D eigenvalue weighted by Crippen LogP contribution is 2.30. The molecule has 1 aliphatic carbocycles. The molecule has 1 nitrogen and oxygen atoms in total. The Morgan fingerprint density at radius 2 is 1.81 bits per heavy atom. The zero-order chi connectivity index (χ0) is 14.9. The van der Waals surface area contributed by atoms with E-state index in [1.165, 1.54) is 75.3 Å². The average molecular weight is 287 g/mol. The molecular weight excluding hydrogens is 254 g/mol. The van der Waals surface area contributed by atoms with Gasteiger partial charge in [-0.25, -0.2) is 0 Å². The zero-order valence-electron chi connectivity index (χ0n) is 14.0. The Labute approximate surface area is 131 Å². The smallest absolute Gasteiger partial charge is 0.0317 e. The maximum Gasteiger partial charge on any atom is 0.0317 e. The Kier molecular flexibility index (Phi) is 7.29. The molecule has 0 spiro atoms. The molecule has 1 heteroatoms. The van der Waals surface area contributed by atoms with Crippen LogP contribution in [-0.2, 0) is 6.42 Å². The highest BCUT2D eigenvalue weighted by molar-refractivity contribution is 5.25. The van der Waals surface area contributed by atoms with Gasteiger partial charge in [-0.1, -0.05) is 69.7 Å². The highest BCUT2D eigenvalue weighted by atomic mass is 14.9. The summed E-state index contributed by atoms with van der Waals surface area (Å²) in [7, 11) is 2.11. The first kappa shape index (κ1) is 16.5. The molecule has 0 heterocycles. The van der Waals surface area contributed by atoms with Crippen LogP contribution in [0.1, 0.15) is 81.9 Å². The zero-order valence-corrected chi connectivity index (χ0v) is 14.0. The van der Waals surface area contributed by atoms with Crippen LogP contribution in [-0.4, -0.2) is 7.05 Å². The van der Waals surface area contributed by atoms with Gasteiger partial charge in [-0.05, 0) is 49.8 Å². The van der Waals surface area contributed by atoms with Gasteiger partial charge in [0.25, 0.3) is 0 Å². The molecule has 0 saturated heterocycles. The summed E-state index contributed by atoms with van der Waals surface area (Å²) >= 11 is 0. The van der Waals surface area contributed by atoms with Gasteiger partial charge in [-0.2, -0.15) is 0 Å². The maximum absolute atomic E-state index is 3.52. The van der Waals surface area contributed by atoms with E-state index in [4.69, 9.17) is 0 Å². The van der Waals surface area contributed by atoms with E-state index in [0.29, 0.717) is 6.04 Å². The predicted molar refractivity (Wildman–Crippen MR) is 92.7 cm³/mol. The fraction of sp³-hybridized carbons (Fsp3) is 0.700. The van der Waals surface area contributed by atoms with Crippen molar-refractivity contribution in [2.24, 2.45) is 5.92 Å². The molecule has 1 atom stereocenters. The largest absolute Gasteiger partial charge is 0.313 e. The number of rotatable bonds is 8. The SMILES string of the molecule is CCCCc1ccc(C(CCC2CCCCC2)NC)cc1. The van der Waals surface area contributed by atoms with Crippen LogP contribution >= 0.6 is 0 Å². The van der Waals surface area contributed by atoms with Crippen molar-refractivity contribution in [3.05, 3.63) is 35.4 Å². The third kappa shape index (κ3) is 5.47. The molecule has 21 heavy (non-hydrogen) atoms. The molecule has 1 aliphatic rings. The first-order valence-electron chi connectivity index (χ1n) is 9.09. The number of nitrogens with one attached hydrogen (secondary N) is 1. The molecule has 2 rings (SSSR count). The van der Waals surface area contributed by atoms with Crippen LogP contribution in [0.3, 0.4) is 0 Å². The Hall–Kier alpha value is -0.820. The molecule has 0 aliphatic heterocycles. The topological polar surface area (TPSA) is 12.0 Å². The van der Waals surface area contributed by atoms with Crippen LogP contribution in [0.25, 0.3) is 0 Å². The first-order valence-corrected chi connectivity index (χ1v) is 9.09. The molecule has 1 aromatic carbocycles. The lowest BCUT2D eigenvalue weighted by atomic mass is 9.84. The van der Waals surface area contributed by atoms with Crippen LogP contribution in [0.2, 0.25) is 0 Å². The second-order valence-electron chi connectivity index (χ2n) is 6.77. The van der Waals surface area contributed by atoms with Crippen LogP contribution < -0.4 is 5.32 Å². The lowest BCUT2D eigenvalue weighted by Gasteiger charge is -2.24. The van der Waals surface area contributed by atoms with E-state index in [1.807, 2.05) is 0 Å². The van der Waals surface area contributed by atoms with Gasteiger partial charge in [-0.15, -0.1) is 0 Å². The fourth-order valence-corrected chi connectivity index (χ4v) is 3.65. The van der Waals surface area contributed by atoms with Crippen molar-refractivity contribution in [3.63, 3.8) is 0 Å². The molecule has 1 unspecified atom stereocenters. The minimum absolute atomic E-state index is 0.534. The van der Waals surface area contributed by atoms with Crippen molar-refractivity contribution in [1.82, 2.24) is 5.32 Å². The molecule has 1 N–H and O–H groups in total. The summed E-state index contributed by atoms with van der Waals surface area (Å²) in [6, 6.07) is 9.87. The van der Waals surface area contributed by atoms with Crippen LogP contribution in [0.15, 0.2) is 24.3 Å². The van der Waals surface area contributed by atoms with Crippen LogP contribution in [0.4, 0.5) is 0 Å². The lowest BCUT2D eigenvalue weighted by Crippen LogP contribution is -2.18. The van der Waals surface area contributed by atoms with E-state index in [2.05, 4.69) is 43.6 Å². The van der Waals surface area contributed by atoms with E-state index < -0.39 is 0 Å². The quantitative estimate of drug-likeness (QED) is 0.651. The van der Waals surface area contributed by atoms with Crippen molar-refractivity contribution in [2.75, 3.05) is 7.05 Å². The minimum Gasteiger partial charge on any atom is -0.313 e. The highest BCUT2D eigenvalue weighted by Gasteiger charge is 2.16. The molecule has 118 valence electrons. The average Bonchev–Trinajstić information content (AvgIpc) is 2.55. The van der Waals surface area contributed by atoms with Gasteiger partial charge >= 0.3 is 0 Å². The van der Waals surface area contributed by atoms with Crippen molar-refractivity contribution < 1.29 is 0 Å². The van der Waals surface area contributed by atoms with Gasteiger partial charge in [0.2, 0.25) is 0 Å². The summed E-state index contributed by atoms with van der Waals surface area (Å²) in [4.78, 5) is 0. The Bertz CT molecular complexity index is 375. The number of hydrogen-bond donors (Lipinski definition) is 1. The standard InChI is InChI=1S/C20H33N/c1-3-4-8-18-11-14-19(15-12-18)20(21-2)16-13-17-9-6-5-7-10-17/h11-12,14-15,17,20-21H,3-10,13,16H2,1-2H3. The van der Waals surface area contributed by atoms with Gasteiger partial charge in [0.1, 0.15) is 0 Å². The van der Waals surface area contributed by atoms with Gasteiger partial charge in [0, 0.05) is 6.04 Å². The Morgan fingerprint density at radius 3 is 2.43 bits per heavy atom. The predicted octanol–water partition coefficient (Wildman–Crippen LogP) is 5.65. The monoisotopic (exact) mass is 287 g/mol. The minimum atomic E-state index is 0.534. The number of hydrogen-bond acceptors (Lipinski definition) is 1. The fourth-order valence-electron chi connectivity index (χ4n) is 3.65. The second kappa shape index (κ2) is 9.25. The first-order chi connectivity index (χ1) is 10.3.